The fourth-order valence-corrected chi connectivity index (χ4v) is 0.915. The van der Waals surface area contributed by atoms with E-state index >= 15 is 0 Å². The van der Waals surface area contributed by atoms with E-state index in [1.165, 1.54) is 0 Å². The second kappa shape index (κ2) is 11.5. The first-order valence-corrected chi connectivity index (χ1v) is 5.59. The summed E-state index contributed by atoms with van der Waals surface area (Å²) in [6.07, 6.45) is -10.9. The fourth-order valence-electron chi connectivity index (χ4n) is 0.915. The number of carboxylic acid groups (broad SMARTS) is 2. The van der Waals surface area contributed by atoms with Gasteiger partial charge in [0.15, 0.2) is 24.4 Å². The van der Waals surface area contributed by atoms with Crippen molar-refractivity contribution in [1.82, 2.24) is 12.3 Å². The topological polar surface area (TPSA) is 312 Å². The van der Waals surface area contributed by atoms with Crippen LogP contribution in [0.5, 0.6) is 0 Å². The van der Waals surface area contributed by atoms with Crippen LogP contribution < -0.4 is 12.3 Å². The summed E-state index contributed by atoms with van der Waals surface area (Å²) in [6.45, 7) is 0. The quantitative estimate of drug-likeness (QED) is 0.120. The average molecular weight is 388 g/mol. The molecule has 0 aromatic carbocycles. The van der Waals surface area contributed by atoms with Gasteiger partial charge in [0.25, 0.3) is 0 Å². The van der Waals surface area contributed by atoms with Crippen LogP contribution in [0.1, 0.15) is 0 Å². The number of carboxylic acids is 2. The number of carbonyl (C=O) groups is 6. The summed E-state index contributed by atoms with van der Waals surface area (Å²) in [7, 11) is 0. The van der Waals surface area contributed by atoms with Gasteiger partial charge in [0.1, 0.15) is 0 Å². The SMILES string of the molecule is N.N.O=C(OC(=O)C(O)C(O)C(=O)O)C(=O)OC(=O)C(O)C(O)C(=O)O. The van der Waals surface area contributed by atoms with Crippen molar-refractivity contribution in [3.63, 3.8) is 0 Å². The molecule has 16 nitrogen and oxygen atoms in total. The number of esters is 4. The third-order valence-electron chi connectivity index (χ3n) is 2.14. The lowest BCUT2D eigenvalue weighted by Gasteiger charge is -2.13. The molecule has 0 radical (unpaired) electrons. The van der Waals surface area contributed by atoms with Crippen LogP contribution in [0.25, 0.3) is 0 Å². The molecule has 0 saturated carbocycles. The summed E-state index contributed by atoms with van der Waals surface area (Å²) in [4.78, 5) is 64.7. The third-order valence-corrected chi connectivity index (χ3v) is 2.14. The first-order chi connectivity index (χ1) is 10.9. The van der Waals surface area contributed by atoms with Crippen molar-refractivity contribution in [1.29, 1.82) is 0 Å². The second-order valence-corrected chi connectivity index (χ2v) is 3.87. The third kappa shape index (κ3) is 7.70. The Hall–Kier alpha value is -3.02. The Morgan fingerprint density at radius 3 is 0.962 bits per heavy atom. The van der Waals surface area contributed by atoms with Crippen LogP contribution in [-0.4, -0.2) is 90.9 Å². The molecule has 16 heteroatoms. The number of aliphatic hydroxyl groups excluding tert-OH is 4. The van der Waals surface area contributed by atoms with Crippen molar-refractivity contribution in [2.75, 3.05) is 0 Å². The molecule has 26 heavy (non-hydrogen) atoms. The van der Waals surface area contributed by atoms with Crippen LogP contribution in [0.2, 0.25) is 0 Å². The van der Waals surface area contributed by atoms with Gasteiger partial charge in [0, 0.05) is 0 Å². The molecule has 0 bridgehead atoms. The number of carbonyl (C=O) groups excluding carboxylic acids is 4. The summed E-state index contributed by atoms with van der Waals surface area (Å²) in [5.74, 6) is -12.8. The van der Waals surface area contributed by atoms with Crippen LogP contribution in [-0.2, 0) is 38.2 Å². The first-order valence-electron chi connectivity index (χ1n) is 5.59. The summed E-state index contributed by atoms with van der Waals surface area (Å²) < 4.78 is 7.19. The number of aliphatic hydroxyl groups is 4. The minimum atomic E-state index is -2.76. The van der Waals surface area contributed by atoms with Gasteiger partial charge < -0.3 is 52.4 Å². The molecular weight excluding hydrogens is 372 g/mol. The van der Waals surface area contributed by atoms with Gasteiger partial charge in [-0.2, -0.15) is 0 Å². The predicted octanol–water partition coefficient (Wildman–Crippen LogP) is -4.94. The summed E-state index contributed by atoms with van der Waals surface area (Å²) in [5, 5.41) is 52.1. The monoisotopic (exact) mass is 388 g/mol. The molecular formula is C10H16N2O14. The maximum atomic E-state index is 11.0. The number of aliphatic carboxylic acids is 2. The van der Waals surface area contributed by atoms with Crippen LogP contribution in [0.15, 0.2) is 0 Å². The second-order valence-electron chi connectivity index (χ2n) is 3.87. The van der Waals surface area contributed by atoms with E-state index < -0.39 is 60.2 Å². The molecule has 4 unspecified atom stereocenters. The Morgan fingerprint density at radius 1 is 0.538 bits per heavy atom. The summed E-state index contributed by atoms with van der Waals surface area (Å²) in [5.41, 5.74) is 0. The van der Waals surface area contributed by atoms with Crippen LogP contribution in [0.3, 0.4) is 0 Å². The Morgan fingerprint density at radius 2 is 0.769 bits per heavy atom. The van der Waals surface area contributed by atoms with Gasteiger partial charge in [-0.3, -0.25) is 0 Å². The molecule has 0 rings (SSSR count). The number of hydrogen-bond acceptors (Lipinski definition) is 14. The average Bonchev–Trinajstić information content (AvgIpc) is 2.50. The fraction of sp³-hybridized carbons (Fsp3) is 0.400. The Kier molecular flexibility index (Phi) is 12.3. The zero-order valence-electron chi connectivity index (χ0n) is 12.7. The molecule has 0 saturated heterocycles. The van der Waals surface area contributed by atoms with Gasteiger partial charge in [-0.15, -0.1) is 0 Å². The standard InChI is InChI=1S/C10H10O14.2H3N/c11-1(5(15)16)3(13)7(19)23-9(21)10(22)24-8(20)4(14)2(12)6(17)18;;/h1-4,11-14H,(H,15,16)(H,17,18);2*1H3. The molecule has 12 N–H and O–H groups in total. The van der Waals surface area contributed by atoms with Gasteiger partial charge in [0.2, 0.25) is 0 Å². The summed E-state index contributed by atoms with van der Waals surface area (Å²) in [6, 6.07) is 0. The molecule has 0 aromatic rings. The highest BCUT2D eigenvalue weighted by atomic mass is 16.6. The van der Waals surface area contributed by atoms with Crippen molar-refractivity contribution in [3.05, 3.63) is 0 Å². The molecule has 0 fully saturated rings. The Balaban J connectivity index is -0.00000264. The van der Waals surface area contributed by atoms with E-state index in [4.69, 9.17) is 30.6 Å². The lowest BCUT2D eigenvalue weighted by atomic mass is 10.2. The first kappa shape index (κ1) is 27.8. The van der Waals surface area contributed by atoms with E-state index in [9.17, 15) is 28.8 Å². The molecule has 0 aromatic heterocycles. The van der Waals surface area contributed by atoms with E-state index in [0.29, 0.717) is 0 Å². The van der Waals surface area contributed by atoms with Gasteiger partial charge in [-0.1, -0.05) is 0 Å². The van der Waals surface area contributed by atoms with Crippen molar-refractivity contribution >= 4 is 35.8 Å². The maximum absolute atomic E-state index is 11.0. The number of ether oxygens (including phenoxy) is 2. The zero-order valence-corrected chi connectivity index (χ0v) is 12.7. The van der Waals surface area contributed by atoms with E-state index in [0.717, 1.165) is 0 Å². The molecule has 0 amide bonds. The summed E-state index contributed by atoms with van der Waals surface area (Å²) >= 11 is 0. The lowest BCUT2D eigenvalue weighted by molar-refractivity contribution is -0.187. The molecule has 0 spiro atoms. The van der Waals surface area contributed by atoms with Gasteiger partial charge in [-0.25, -0.2) is 28.8 Å². The van der Waals surface area contributed by atoms with E-state index in [1.807, 2.05) is 0 Å². The Bertz CT molecular complexity index is 524. The number of hydrogen-bond donors (Lipinski definition) is 8. The van der Waals surface area contributed by atoms with Crippen molar-refractivity contribution in [3.8, 4) is 0 Å². The highest BCUT2D eigenvalue weighted by Crippen LogP contribution is 2.01. The van der Waals surface area contributed by atoms with Gasteiger partial charge in [0.05, 0.1) is 0 Å². The smallest absolute Gasteiger partial charge is 0.425 e. The van der Waals surface area contributed by atoms with Crippen LogP contribution in [0.4, 0.5) is 0 Å². The zero-order chi connectivity index (χ0) is 19.2. The minimum absolute atomic E-state index is 0. The molecule has 0 aliphatic rings. The molecule has 150 valence electrons. The van der Waals surface area contributed by atoms with Gasteiger partial charge >= 0.3 is 35.8 Å². The largest absolute Gasteiger partial charge is 0.479 e. The van der Waals surface area contributed by atoms with E-state index in [-0.39, 0.29) is 12.3 Å². The Labute approximate surface area is 142 Å². The minimum Gasteiger partial charge on any atom is -0.479 e. The van der Waals surface area contributed by atoms with Crippen LogP contribution in [0, 0.1) is 0 Å². The van der Waals surface area contributed by atoms with E-state index in [2.05, 4.69) is 9.47 Å². The van der Waals surface area contributed by atoms with Gasteiger partial charge in [-0.05, 0) is 0 Å². The number of rotatable bonds is 6. The highest BCUT2D eigenvalue weighted by molar-refractivity contribution is 6.33. The van der Waals surface area contributed by atoms with E-state index in [1.54, 1.807) is 0 Å². The normalized spacial score (nSPS) is 14.2. The van der Waals surface area contributed by atoms with Crippen molar-refractivity contribution < 1.29 is 68.9 Å². The maximum Gasteiger partial charge on any atom is 0.425 e. The lowest BCUT2D eigenvalue weighted by Crippen LogP contribution is -2.44. The molecule has 4 atom stereocenters. The molecule has 0 heterocycles. The van der Waals surface area contributed by atoms with Crippen LogP contribution >= 0.6 is 0 Å². The van der Waals surface area contributed by atoms with Crippen molar-refractivity contribution in [2.24, 2.45) is 0 Å². The predicted molar refractivity (Wildman–Crippen MR) is 71.5 cm³/mol. The molecule has 0 aliphatic heterocycles. The highest BCUT2D eigenvalue weighted by Gasteiger charge is 2.37. The van der Waals surface area contributed by atoms with Crippen molar-refractivity contribution in [2.45, 2.75) is 24.4 Å². The molecule has 0 aliphatic carbocycles.